The summed E-state index contributed by atoms with van der Waals surface area (Å²) in [4.78, 5) is 26.8. The van der Waals surface area contributed by atoms with Gasteiger partial charge in [-0.05, 0) is 30.2 Å². The number of carbonyl (C=O) groups is 2. The highest BCUT2D eigenvalue weighted by Gasteiger charge is 2.09. The lowest BCUT2D eigenvalue weighted by Gasteiger charge is -2.05. The summed E-state index contributed by atoms with van der Waals surface area (Å²) < 4.78 is 0. The molecule has 0 bridgehead atoms. The van der Waals surface area contributed by atoms with Crippen LogP contribution in [0.1, 0.15) is 35.8 Å². The topological polar surface area (TPSA) is 91.3 Å². The largest absolute Gasteiger partial charge is 0.478 e. The SMILES string of the molecule is CC(C)c1csc(NC(=O)Nc2ccc(C(=O)O)cc2)n1. The van der Waals surface area contributed by atoms with Crippen LogP contribution in [0.3, 0.4) is 0 Å². The van der Waals surface area contributed by atoms with Crippen molar-refractivity contribution in [3.8, 4) is 0 Å². The summed E-state index contributed by atoms with van der Waals surface area (Å²) in [7, 11) is 0. The van der Waals surface area contributed by atoms with Crippen molar-refractivity contribution in [1.82, 2.24) is 4.98 Å². The average molecular weight is 305 g/mol. The molecule has 0 unspecified atom stereocenters. The van der Waals surface area contributed by atoms with Crippen molar-refractivity contribution in [2.24, 2.45) is 0 Å². The van der Waals surface area contributed by atoms with E-state index in [1.165, 1.54) is 35.6 Å². The van der Waals surface area contributed by atoms with Crippen molar-refractivity contribution >= 4 is 34.2 Å². The number of urea groups is 1. The van der Waals surface area contributed by atoms with Gasteiger partial charge in [-0.15, -0.1) is 11.3 Å². The maximum absolute atomic E-state index is 11.8. The lowest BCUT2D eigenvalue weighted by Crippen LogP contribution is -2.19. The van der Waals surface area contributed by atoms with Crippen molar-refractivity contribution in [3.63, 3.8) is 0 Å². The summed E-state index contributed by atoms with van der Waals surface area (Å²) >= 11 is 1.36. The molecule has 0 aliphatic rings. The normalized spacial score (nSPS) is 10.4. The fourth-order valence-electron chi connectivity index (χ4n) is 1.56. The molecule has 6 nitrogen and oxygen atoms in total. The predicted molar refractivity (Wildman–Crippen MR) is 82.2 cm³/mol. The summed E-state index contributed by atoms with van der Waals surface area (Å²) in [6, 6.07) is 5.51. The van der Waals surface area contributed by atoms with Crippen LogP contribution in [0.15, 0.2) is 29.6 Å². The number of carboxylic acids is 1. The van der Waals surface area contributed by atoms with Crippen LogP contribution in [0, 0.1) is 0 Å². The molecule has 0 atom stereocenters. The minimum Gasteiger partial charge on any atom is -0.478 e. The molecule has 0 saturated heterocycles. The Kier molecular flexibility index (Phi) is 4.54. The number of anilines is 2. The van der Waals surface area contributed by atoms with Crippen molar-refractivity contribution in [2.45, 2.75) is 19.8 Å². The van der Waals surface area contributed by atoms with E-state index in [1.54, 1.807) is 0 Å². The number of hydrogen-bond donors (Lipinski definition) is 3. The third-order valence-corrected chi connectivity index (χ3v) is 3.50. The molecule has 1 aromatic carbocycles. The van der Waals surface area contributed by atoms with Gasteiger partial charge in [-0.1, -0.05) is 13.8 Å². The van der Waals surface area contributed by atoms with Gasteiger partial charge in [-0.2, -0.15) is 0 Å². The second kappa shape index (κ2) is 6.36. The Balaban J connectivity index is 1.96. The van der Waals surface area contributed by atoms with E-state index in [-0.39, 0.29) is 5.56 Å². The number of amides is 2. The summed E-state index contributed by atoms with van der Waals surface area (Å²) in [6.07, 6.45) is 0. The number of hydrogen-bond acceptors (Lipinski definition) is 4. The maximum Gasteiger partial charge on any atom is 0.335 e. The second-order valence-electron chi connectivity index (χ2n) is 4.69. The van der Waals surface area contributed by atoms with Gasteiger partial charge in [-0.25, -0.2) is 14.6 Å². The Bertz CT molecular complexity index is 650. The lowest BCUT2D eigenvalue weighted by atomic mass is 10.2. The number of carboxylic acid groups (broad SMARTS) is 1. The van der Waals surface area contributed by atoms with Crippen molar-refractivity contribution in [3.05, 3.63) is 40.9 Å². The monoisotopic (exact) mass is 305 g/mol. The van der Waals surface area contributed by atoms with Crippen LogP contribution >= 0.6 is 11.3 Å². The Labute approximate surface area is 125 Å². The number of benzene rings is 1. The molecule has 2 rings (SSSR count). The van der Waals surface area contributed by atoms with E-state index in [0.29, 0.717) is 16.7 Å². The van der Waals surface area contributed by atoms with Crippen LogP contribution < -0.4 is 10.6 Å². The van der Waals surface area contributed by atoms with Gasteiger partial charge >= 0.3 is 12.0 Å². The van der Waals surface area contributed by atoms with Gasteiger partial charge in [0.05, 0.1) is 11.3 Å². The standard InChI is InChI=1S/C14H15N3O3S/c1-8(2)11-7-21-14(16-11)17-13(20)15-10-5-3-9(4-6-10)12(18)19/h3-8H,1-2H3,(H,18,19)(H2,15,16,17,20). The average Bonchev–Trinajstić information content (AvgIpc) is 2.87. The molecule has 0 saturated carbocycles. The van der Waals surface area contributed by atoms with E-state index in [4.69, 9.17) is 5.11 Å². The van der Waals surface area contributed by atoms with Gasteiger partial charge in [0.2, 0.25) is 0 Å². The third-order valence-electron chi connectivity index (χ3n) is 2.72. The lowest BCUT2D eigenvalue weighted by molar-refractivity contribution is 0.0697. The van der Waals surface area contributed by atoms with Crippen LogP contribution in [-0.4, -0.2) is 22.1 Å². The summed E-state index contributed by atoms with van der Waals surface area (Å²) in [6.45, 7) is 4.06. The van der Waals surface area contributed by atoms with Gasteiger partial charge in [0.15, 0.2) is 5.13 Å². The molecule has 0 radical (unpaired) electrons. The molecule has 3 N–H and O–H groups in total. The molecule has 1 aromatic heterocycles. The van der Waals surface area contributed by atoms with Crippen LogP contribution in [-0.2, 0) is 0 Å². The highest BCUT2D eigenvalue weighted by atomic mass is 32.1. The zero-order valence-corrected chi connectivity index (χ0v) is 12.4. The van der Waals surface area contributed by atoms with Crippen molar-refractivity contribution in [2.75, 3.05) is 10.6 Å². The van der Waals surface area contributed by atoms with E-state index in [1.807, 2.05) is 19.2 Å². The van der Waals surface area contributed by atoms with E-state index >= 15 is 0 Å². The quantitative estimate of drug-likeness (QED) is 0.804. The van der Waals surface area contributed by atoms with Crippen molar-refractivity contribution in [1.29, 1.82) is 0 Å². The van der Waals surface area contributed by atoms with Crippen LogP contribution in [0.4, 0.5) is 15.6 Å². The zero-order valence-electron chi connectivity index (χ0n) is 11.6. The van der Waals surface area contributed by atoms with Crippen LogP contribution in [0.2, 0.25) is 0 Å². The molecule has 21 heavy (non-hydrogen) atoms. The highest BCUT2D eigenvalue weighted by Crippen LogP contribution is 2.21. The second-order valence-corrected chi connectivity index (χ2v) is 5.55. The molecule has 0 fully saturated rings. The summed E-state index contributed by atoms with van der Waals surface area (Å²) in [5, 5.41) is 16.5. The number of rotatable bonds is 4. The molecule has 1 heterocycles. The van der Waals surface area contributed by atoms with Crippen LogP contribution in [0.25, 0.3) is 0 Å². The number of carbonyl (C=O) groups excluding carboxylic acids is 1. The van der Waals surface area contributed by atoms with Crippen molar-refractivity contribution < 1.29 is 14.7 Å². The van der Waals surface area contributed by atoms with E-state index in [0.717, 1.165) is 5.69 Å². The fourth-order valence-corrected chi connectivity index (χ4v) is 2.43. The van der Waals surface area contributed by atoms with Crippen LogP contribution in [0.5, 0.6) is 0 Å². The third kappa shape index (κ3) is 4.03. The molecular formula is C14H15N3O3S. The molecule has 7 heteroatoms. The first-order valence-electron chi connectivity index (χ1n) is 6.32. The molecule has 0 aliphatic heterocycles. The Morgan fingerprint density at radius 2 is 1.86 bits per heavy atom. The maximum atomic E-state index is 11.8. The molecule has 2 amide bonds. The van der Waals surface area contributed by atoms with Gasteiger partial charge in [0, 0.05) is 11.1 Å². The Hall–Kier alpha value is -2.41. The first-order valence-corrected chi connectivity index (χ1v) is 7.20. The Morgan fingerprint density at radius 1 is 1.19 bits per heavy atom. The summed E-state index contributed by atoms with van der Waals surface area (Å²) in [5.74, 6) is -0.696. The van der Waals surface area contributed by atoms with Gasteiger partial charge < -0.3 is 10.4 Å². The fraction of sp³-hybridized carbons (Fsp3) is 0.214. The highest BCUT2D eigenvalue weighted by molar-refractivity contribution is 7.13. The smallest absolute Gasteiger partial charge is 0.335 e. The molecule has 110 valence electrons. The number of nitrogens with one attached hydrogen (secondary N) is 2. The Morgan fingerprint density at radius 3 is 2.38 bits per heavy atom. The van der Waals surface area contributed by atoms with Gasteiger partial charge in [-0.3, -0.25) is 5.32 Å². The zero-order chi connectivity index (χ0) is 15.4. The number of nitrogens with zero attached hydrogens (tertiary/aromatic N) is 1. The van der Waals surface area contributed by atoms with Gasteiger partial charge in [0.1, 0.15) is 0 Å². The molecule has 2 aromatic rings. The number of aromatic carboxylic acids is 1. The number of aromatic nitrogens is 1. The molecule has 0 aliphatic carbocycles. The van der Waals surface area contributed by atoms with E-state index < -0.39 is 12.0 Å². The first kappa shape index (κ1) is 15.0. The minimum atomic E-state index is -1.00. The molecule has 0 spiro atoms. The first-order chi connectivity index (χ1) is 9.95. The minimum absolute atomic E-state index is 0.169. The summed E-state index contributed by atoms with van der Waals surface area (Å²) in [5.41, 5.74) is 1.61. The van der Waals surface area contributed by atoms with E-state index in [9.17, 15) is 9.59 Å². The molecular weight excluding hydrogens is 290 g/mol. The van der Waals surface area contributed by atoms with Gasteiger partial charge in [0.25, 0.3) is 0 Å². The number of thiazole rings is 1. The van der Waals surface area contributed by atoms with E-state index in [2.05, 4.69) is 15.6 Å². The predicted octanol–water partition coefficient (Wildman–Crippen LogP) is 3.61.